The number of nitrogens with one attached hydrogen (secondary N) is 1. The van der Waals surface area contributed by atoms with Crippen LogP contribution in [0.3, 0.4) is 0 Å². The highest BCUT2D eigenvalue weighted by Crippen LogP contribution is 2.28. The predicted molar refractivity (Wildman–Crippen MR) is 161 cm³/mol. The Morgan fingerprint density at radius 1 is 1.11 bits per heavy atom. The number of hydrogen-bond donors (Lipinski definition) is 1. The lowest BCUT2D eigenvalue weighted by Gasteiger charge is -2.39. The summed E-state index contributed by atoms with van der Waals surface area (Å²) in [5.74, 6) is 0.0981. The van der Waals surface area contributed by atoms with Gasteiger partial charge in [0.2, 0.25) is 12.4 Å². The van der Waals surface area contributed by atoms with Crippen LogP contribution in [0.1, 0.15) is 45.6 Å². The maximum atomic E-state index is 11.9. The van der Waals surface area contributed by atoms with Crippen molar-refractivity contribution in [2.45, 2.75) is 71.2 Å². The number of carbonyl (C=O) groups excluding carboxylic acids is 3. The molecule has 13 heteroatoms. The fourth-order valence-corrected chi connectivity index (χ4v) is 5.94. The minimum atomic E-state index is -0.945. The molecule has 3 aromatic rings. The zero-order valence-corrected chi connectivity index (χ0v) is 25.5. The summed E-state index contributed by atoms with van der Waals surface area (Å²) in [7, 11) is 2.08. The Morgan fingerprint density at radius 2 is 1.82 bits per heavy atom. The van der Waals surface area contributed by atoms with E-state index in [1.165, 1.54) is 42.7 Å². The number of carbonyl (C=O) groups is 3. The van der Waals surface area contributed by atoms with Gasteiger partial charge in [0.05, 0.1) is 18.5 Å². The number of aryl methyl sites for hydroxylation is 1. The highest BCUT2D eigenvalue weighted by Gasteiger charge is 2.42. The number of ether oxygens (including phenoxy) is 3. The van der Waals surface area contributed by atoms with E-state index in [1.807, 2.05) is 0 Å². The summed E-state index contributed by atoms with van der Waals surface area (Å²) >= 11 is 0. The molecule has 2 aliphatic rings. The third-order valence-corrected chi connectivity index (χ3v) is 8.07. The summed E-state index contributed by atoms with van der Waals surface area (Å²) in [6.07, 6.45) is 4.63. The number of nitrogens with zero attached hydrogens (tertiary/aromatic N) is 5. The first kappa shape index (κ1) is 31.4. The maximum absolute atomic E-state index is 11.9. The van der Waals surface area contributed by atoms with Crippen molar-refractivity contribution in [2.24, 2.45) is 13.0 Å². The van der Waals surface area contributed by atoms with E-state index in [4.69, 9.17) is 19.0 Å². The van der Waals surface area contributed by atoms with Crippen LogP contribution in [-0.4, -0.2) is 77.1 Å². The van der Waals surface area contributed by atoms with Crippen LogP contribution >= 0.6 is 0 Å². The fourth-order valence-electron chi connectivity index (χ4n) is 5.94. The number of benzene rings is 1. The lowest BCUT2D eigenvalue weighted by atomic mass is 9.97. The molecule has 2 saturated heterocycles. The van der Waals surface area contributed by atoms with Crippen LogP contribution in [0.5, 0.6) is 0 Å². The molecule has 5 rings (SSSR count). The second kappa shape index (κ2) is 14.1. The van der Waals surface area contributed by atoms with Gasteiger partial charge in [-0.25, -0.2) is 14.8 Å². The number of hydrogen-bond acceptors (Lipinski definition) is 11. The molecule has 2 fully saturated rings. The second-order valence-electron chi connectivity index (χ2n) is 11.3. The summed E-state index contributed by atoms with van der Waals surface area (Å²) in [4.78, 5) is 52.0. The van der Waals surface area contributed by atoms with E-state index in [2.05, 4.69) is 62.3 Å². The summed E-state index contributed by atoms with van der Waals surface area (Å²) in [6, 6.07) is 8.46. The van der Waals surface area contributed by atoms with Crippen LogP contribution in [0.15, 0.2) is 42.9 Å². The predicted octanol–water partition coefficient (Wildman–Crippen LogP) is 2.87. The highest BCUT2D eigenvalue weighted by atomic mass is 16.8. The first-order chi connectivity index (χ1) is 21.2. The number of fused-ring (bicyclic) bond motifs is 1. The Labute approximate surface area is 256 Å². The number of rotatable bonds is 11. The fraction of sp³-hybridized carbons (Fsp3) is 0.516. The van der Waals surface area contributed by atoms with E-state index in [-0.39, 0.29) is 6.42 Å². The molecule has 1 amide bonds. The van der Waals surface area contributed by atoms with Gasteiger partial charge in [-0.2, -0.15) is 5.06 Å². The molecular formula is C31H40N6O7. The zero-order chi connectivity index (χ0) is 31.2. The molecule has 1 aromatic carbocycles. The van der Waals surface area contributed by atoms with Crippen molar-refractivity contribution in [1.82, 2.24) is 19.9 Å². The number of para-hydroxylation sites is 1. The molecule has 4 unspecified atom stereocenters. The van der Waals surface area contributed by atoms with Gasteiger partial charge in [-0.3, -0.25) is 14.4 Å². The van der Waals surface area contributed by atoms with Gasteiger partial charge in [-0.05, 0) is 43.9 Å². The van der Waals surface area contributed by atoms with E-state index < -0.39 is 36.5 Å². The molecule has 4 atom stereocenters. The SMILES string of the molecule is CC(=O)OC1CC(ON(C=O)c2cnc(N3CCC(CNCc4cn(C)c5ccccc45)CC3)nc2)OC(C)C1OC(C)=O. The van der Waals surface area contributed by atoms with Gasteiger partial charge in [-0.1, -0.05) is 18.2 Å². The third-order valence-electron chi connectivity index (χ3n) is 8.07. The van der Waals surface area contributed by atoms with E-state index in [1.54, 1.807) is 6.92 Å². The molecular weight excluding hydrogens is 568 g/mol. The number of amides is 1. The summed E-state index contributed by atoms with van der Waals surface area (Å²) in [5.41, 5.74) is 2.87. The third kappa shape index (κ3) is 7.52. The average molecular weight is 609 g/mol. The summed E-state index contributed by atoms with van der Waals surface area (Å²) in [6.45, 7) is 7.67. The molecule has 0 bridgehead atoms. The summed E-state index contributed by atoms with van der Waals surface area (Å²) in [5, 5.41) is 5.91. The van der Waals surface area contributed by atoms with Gasteiger partial charge < -0.3 is 29.0 Å². The number of hydroxylamine groups is 1. The van der Waals surface area contributed by atoms with Crippen LogP contribution in [-0.2, 0) is 47.0 Å². The Bertz CT molecular complexity index is 1440. The molecule has 0 saturated carbocycles. The van der Waals surface area contributed by atoms with E-state index in [0.717, 1.165) is 44.1 Å². The molecule has 0 aliphatic carbocycles. The van der Waals surface area contributed by atoms with Crippen LogP contribution in [0, 0.1) is 5.92 Å². The quantitative estimate of drug-likeness (QED) is 0.195. The maximum Gasteiger partial charge on any atom is 0.303 e. The number of esters is 2. The molecule has 1 N–H and O–H groups in total. The number of aromatic nitrogens is 3. The van der Waals surface area contributed by atoms with Crippen molar-refractivity contribution < 1.29 is 33.4 Å². The second-order valence-corrected chi connectivity index (χ2v) is 11.3. The molecule has 0 radical (unpaired) electrons. The van der Waals surface area contributed by atoms with E-state index in [9.17, 15) is 14.4 Å². The van der Waals surface area contributed by atoms with Crippen LogP contribution in [0.2, 0.25) is 0 Å². The van der Waals surface area contributed by atoms with Gasteiger partial charge in [0, 0.05) is 64.1 Å². The largest absolute Gasteiger partial charge is 0.458 e. The van der Waals surface area contributed by atoms with Crippen LogP contribution in [0.4, 0.5) is 11.6 Å². The number of anilines is 2. The molecule has 236 valence electrons. The Hall–Kier alpha value is -4.07. The highest BCUT2D eigenvalue weighted by molar-refractivity contribution is 5.83. The van der Waals surface area contributed by atoms with Crippen molar-refractivity contribution in [3.63, 3.8) is 0 Å². The molecule has 2 aromatic heterocycles. The minimum Gasteiger partial charge on any atom is -0.458 e. The minimum absolute atomic E-state index is 0.0525. The Morgan fingerprint density at radius 3 is 2.50 bits per heavy atom. The van der Waals surface area contributed by atoms with Crippen molar-refractivity contribution in [3.05, 3.63) is 48.4 Å². The normalized spacial score (nSPS) is 22.5. The van der Waals surface area contributed by atoms with E-state index >= 15 is 0 Å². The number of piperidine rings is 1. The first-order valence-corrected chi connectivity index (χ1v) is 14.9. The van der Waals surface area contributed by atoms with Crippen LogP contribution < -0.4 is 15.3 Å². The standard InChI is InChI=1S/C31H40N6O7/c1-20-30(43-22(3)40)28(42-21(2)39)13-29(41-20)44-37(19-38)25-16-33-31(34-17-25)36-11-9-23(10-12-36)14-32-15-24-18-35(4)27-8-6-5-7-26(24)27/h5-8,16-20,23,28-30,32H,9-15H2,1-4H3. The molecule has 4 heterocycles. The smallest absolute Gasteiger partial charge is 0.303 e. The molecule has 13 nitrogen and oxygen atoms in total. The van der Waals surface area contributed by atoms with Gasteiger partial charge in [0.1, 0.15) is 11.8 Å². The average Bonchev–Trinajstić information content (AvgIpc) is 3.33. The first-order valence-electron chi connectivity index (χ1n) is 14.9. The van der Waals surface area contributed by atoms with Crippen molar-refractivity contribution in [2.75, 3.05) is 29.6 Å². The van der Waals surface area contributed by atoms with E-state index in [0.29, 0.717) is 24.0 Å². The lowest BCUT2D eigenvalue weighted by Crippen LogP contribution is -2.52. The van der Waals surface area contributed by atoms with Crippen molar-refractivity contribution in [3.8, 4) is 0 Å². The topological polar surface area (TPSA) is 137 Å². The van der Waals surface area contributed by atoms with Gasteiger partial charge >= 0.3 is 11.9 Å². The lowest BCUT2D eigenvalue weighted by molar-refractivity contribution is -0.257. The van der Waals surface area contributed by atoms with Crippen molar-refractivity contribution in [1.29, 1.82) is 0 Å². The zero-order valence-electron chi connectivity index (χ0n) is 25.5. The monoisotopic (exact) mass is 608 g/mol. The van der Waals surface area contributed by atoms with Gasteiger partial charge in [0.25, 0.3) is 0 Å². The summed E-state index contributed by atoms with van der Waals surface area (Å²) < 4.78 is 18.7. The van der Waals surface area contributed by atoms with Gasteiger partial charge in [-0.15, -0.1) is 0 Å². The Balaban J connectivity index is 1.11. The Kier molecular flexibility index (Phi) is 10.1. The molecule has 44 heavy (non-hydrogen) atoms. The van der Waals surface area contributed by atoms with Gasteiger partial charge in [0.15, 0.2) is 12.4 Å². The molecule has 0 spiro atoms. The van der Waals surface area contributed by atoms with Crippen molar-refractivity contribution >= 4 is 40.9 Å². The molecule has 2 aliphatic heterocycles. The van der Waals surface area contributed by atoms with Crippen LogP contribution in [0.25, 0.3) is 10.9 Å².